The Morgan fingerprint density at radius 1 is 1.08 bits per heavy atom. The van der Waals surface area contributed by atoms with Gasteiger partial charge in [-0.05, 0) is 56.3 Å². The van der Waals surface area contributed by atoms with Crippen molar-refractivity contribution >= 4 is 5.91 Å². The van der Waals surface area contributed by atoms with Crippen molar-refractivity contribution in [1.29, 1.82) is 0 Å². The topological polar surface area (TPSA) is 56.1 Å². The van der Waals surface area contributed by atoms with Crippen LogP contribution < -0.4 is 10.1 Å². The normalized spacial score (nSPS) is 10.7. The van der Waals surface area contributed by atoms with Crippen molar-refractivity contribution in [2.24, 2.45) is 0 Å². The van der Waals surface area contributed by atoms with Gasteiger partial charge in [0.25, 0.3) is 5.91 Å². The molecule has 1 N–H and O–H groups in total. The second kappa shape index (κ2) is 7.21. The van der Waals surface area contributed by atoms with Crippen LogP contribution in [0.1, 0.15) is 24.3 Å². The molecule has 0 aliphatic carbocycles. The Hall–Kier alpha value is -3.08. The summed E-state index contributed by atoms with van der Waals surface area (Å²) in [4.78, 5) is 12.6. The Morgan fingerprint density at radius 3 is 2.36 bits per heavy atom. The van der Waals surface area contributed by atoms with Gasteiger partial charge in [-0.2, -0.15) is 5.10 Å². The minimum absolute atomic E-state index is 0.0519. The molecule has 0 spiro atoms. The third kappa shape index (κ3) is 3.71. The first-order valence-electron chi connectivity index (χ1n) is 8.19. The summed E-state index contributed by atoms with van der Waals surface area (Å²) < 4.78 is 6.87. The van der Waals surface area contributed by atoms with Crippen LogP contribution in [0.5, 0.6) is 5.75 Å². The largest absolute Gasteiger partial charge is 0.497 e. The first kappa shape index (κ1) is 16.8. The second-order valence-corrected chi connectivity index (χ2v) is 6.02. The molecular weight excluding hydrogens is 314 g/mol. The van der Waals surface area contributed by atoms with E-state index in [9.17, 15) is 4.79 Å². The molecule has 0 atom stereocenters. The summed E-state index contributed by atoms with van der Waals surface area (Å²) in [5, 5.41) is 7.58. The predicted octanol–water partition coefficient (Wildman–Crippen LogP) is 3.69. The van der Waals surface area contributed by atoms with Gasteiger partial charge in [0, 0.05) is 11.6 Å². The summed E-state index contributed by atoms with van der Waals surface area (Å²) in [7, 11) is 1.63. The van der Waals surface area contributed by atoms with Crippen LogP contribution in [0.25, 0.3) is 16.9 Å². The first-order valence-corrected chi connectivity index (χ1v) is 8.19. The second-order valence-electron chi connectivity index (χ2n) is 6.02. The average Bonchev–Trinajstić information content (AvgIpc) is 3.07. The van der Waals surface area contributed by atoms with Crippen LogP contribution in [0, 0.1) is 0 Å². The van der Waals surface area contributed by atoms with E-state index < -0.39 is 0 Å². The third-order valence-electron chi connectivity index (χ3n) is 3.75. The average molecular weight is 335 g/mol. The summed E-state index contributed by atoms with van der Waals surface area (Å²) in [6.07, 6.45) is 0. The maximum Gasteiger partial charge on any atom is 0.270 e. The number of rotatable bonds is 5. The van der Waals surface area contributed by atoms with E-state index in [4.69, 9.17) is 4.74 Å². The zero-order chi connectivity index (χ0) is 17.8. The Kier molecular flexibility index (Phi) is 4.84. The van der Waals surface area contributed by atoms with Crippen molar-refractivity contribution in [2.75, 3.05) is 7.11 Å². The van der Waals surface area contributed by atoms with E-state index in [2.05, 4.69) is 10.4 Å². The van der Waals surface area contributed by atoms with Crippen LogP contribution in [-0.2, 0) is 0 Å². The van der Waals surface area contributed by atoms with E-state index in [1.165, 1.54) is 0 Å². The number of carbonyl (C=O) groups excluding carboxylic acids is 1. The molecule has 25 heavy (non-hydrogen) atoms. The molecule has 5 nitrogen and oxygen atoms in total. The SMILES string of the molecule is COc1ccc(-c2cc(C(=O)NC(C)C)n(-c3ccccc3)n2)cc1. The third-order valence-corrected chi connectivity index (χ3v) is 3.75. The van der Waals surface area contributed by atoms with E-state index >= 15 is 0 Å². The summed E-state index contributed by atoms with van der Waals surface area (Å²) in [5.74, 6) is 0.634. The van der Waals surface area contributed by atoms with E-state index in [0.717, 1.165) is 22.7 Å². The molecule has 3 rings (SSSR count). The highest BCUT2D eigenvalue weighted by Gasteiger charge is 2.18. The van der Waals surface area contributed by atoms with Crippen molar-refractivity contribution in [3.05, 3.63) is 66.4 Å². The lowest BCUT2D eigenvalue weighted by atomic mass is 10.1. The van der Waals surface area contributed by atoms with Gasteiger partial charge in [0.05, 0.1) is 18.5 Å². The quantitative estimate of drug-likeness (QED) is 0.774. The van der Waals surface area contributed by atoms with E-state index in [-0.39, 0.29) is 11.9 Å². The number of para-hydroxylation sites is 1. The lowest BCUT2D eigenvalue weighted by Gasteiger charge is -2.10. The molecule has 5 heteroatoms. The molecule has 0 radical (unpaired) electrons. The molecule has 0 unspecified atom stereocenters. The van der Waals surface area contributed by atoms with Crippen molar-refractivity contribution in [3.8, 4) is 22.7 Å². The molecule has 0 fully saturated rings. The number of ether oxygens (including phenoxy) is 1. The van der Waals surface area contributed by atoms with Crippen molar-refractivity contribution in [3.63, 3.8) is 0 Å². The van der Waals surface area contributed by atoms with Crippen LogP contribution in [0.3, 0.4) is 0 Å². The highest BCUT2D eigenvalue weighted by molar-refractivity contribution is 5.94. The molecule has 1 aromatic heterocycles. The van der Waals surface area contributed by atoms with Gasteiger partial charge in [0.2, 0.25) is 0 Å². The smallest absolute Gasteiger partial charge is 0.270 e. The monoisotopic (exact) mass is 335 g/mol. The molecule has 2 aromatic carbocycles. The minimum Gasteiger partial charge on any atom is -0.497 e. The number of nitrogens with one attached hydrogen (secondary N) is 1. The van der Waals surface area contributed by atoms with E-state index in [0.29, 0.717) is 5.69 Å². The summed E-state index contributed by atoms with van der Waals surface area (Å²) in [6, 6.07) is 19.1. The number of methoxy groups -OCH3 is 1. The molecule has 0 saturated carbocycles. The fraction of sp³-hybridized carbons (Fsp3) is 0.200. The predicted molar refractivity (Wildman–Crippen MR) is 98.2 cm³/mol. The summed E-state index contributed by atoms with van der Waals surface area (Å²) >= 11 is 0. The first-order chi connectivity index (χ1) is 12.1. The lowest BCUT2D eigenvalue weighted by Crippen LogP contribution is -2.31. The zero-order valence-corrected chi connectivity index (χ0v) is 14.6. The number of amides is 1. The highest BCUT2D eigenvalue weighted by Crippen LogP contribution is 2.24. The Morgan fingerprint density at radius 2 is 1.76 bits per heavy atom. The van der Waals surface area contributed by atoms with Gasteiger partial charge in [-0.25, -0.2) is 4.68 Å². The van der Waals surface area contributed by atoms with E-state index in [1.54, 1.807) is 11.8 Å². The van der Waals surface area contributed by atoms with Crippen molar-refractivity contribution < 1.29 is 9.53 Å². The fourth-order valence-electron chi connectivity index (χ4n) is 2.55. The number of carbonyl (C=O) groups is 1. The number of benzene rings is 2. The van der Waals surface area contributed by atoms with Crippen LogP contribution in [0.4, 0.5) is 0 Å². The molecule has 128 valence electrons. The number of nitrogens with zero attached hydrogens (tertiary/aromatic N) is 2. The summed E-state index contributed by atoms with van der Waals surface area (Å²) in [5.41, 5.74) is 3.01. The van der Waals surface area contributed by atoms with E-state index in [1.807, 2.05) is 74.5 Å². The van der Waals surface area contributed by atoms with Gasteiger partial charge in [-0.15, -0.1) is 0 Å². The minimum atomic E-state index is -0.147. The molecule has 1 heterocycles. The van der Waals surface area contributed by atoms with Crippen LogP contribution in [0.2, 0.25) is 0 Å². The number of hydrogen-bond acceptors (Lipinski definition) is 3. The molecule has 1 amide bonds. The standard InChI is InChI=1S/C20H21N3O2/c1-14(2)21-20(24)19-13-18(15-9-11-17(25-3)12-10-15)22-23(19)16-7-5-4-6-8-16/h4-14H,1-3H3,(H,21,24). The molecule has 0 saturated heterocycles. The zero-order valence-electron chi connectivity index (χ0n) is 14.6. The molecule has 3 aromatic rings. The maximum atomic E-state index is 12.6. The Labute approximate surface area is 147 Å². The molecule has 0 bridgehead atoms. The lowest BCUT2D eigenvalue weighted by molar-refractivity contribution is 0.0935. The molecule has 0 aliphatic rings. The van der Waals surface area contributed by atoms with Gasteiger partial charge >= 0.3 is 0 Å². The Balaban J connectivity index is 2.06. The van der Waals surface area contributed by atoms with Gasteiger partial charge in [-0.1, -0.05) is 18.2 Å². The van der Waals surface area contributed by atoms with Gasteiger partial charge in [0.15, 0.2) is 0 Å². The molecular formula is C20H21N3O2. The van der Waals surface area contributed by atoms with Gasteiger partial charge in [0.1, 0.15) is 11.4 Å². The van der Waals surface area contributed by atoms with Crippen molar-refractivity contribution in [2.45, 2.75) is 19.9 Å². The fourth-order valence-corrected chi connectivity index (χ4v) is 2.55. The Bertz CT molecular complexity index is 852. The maximum absolute atomic E-state index is 12.6. The number of hydrogen-bond donors (Lipinski definition) is 1. The number of aromatic nitrogens is 2. The van der Waals surface area contributed by atoms with Crippen LogP contribution in [0.15, 0.2) is 60.7 Å². The van der Waals surface area contributed by atoms with Crippen LogP contribution >= 0.6 is 0 Å². The van der Waals surface area contributed by atoms with Gasteiger partial charge < -0.3 is 10.1 Å². The molecule has 0 aliphatic heterocycles. The summed E-state index contributed by atoms with van der Waals surface area (Å²) in [6.45, 7) is 3.87. The van der Waals surface area contributed by atoms with Gasteiger partial charge in [-0.3, -0.25) is 4.79 Å². The van der Waals surface area contributed by atoms with Crippen molar-refractivity contribution in [1.82, 2.24) is 15.1 Å². The van der Waals surface area contributed by atoms with Crippen LogP contribution in [-0.4, -0.2) is 28.8 Å². The highest BCUT2D eigenvalue weighted by atomic mass is 16.5.